The van der Waals surface area contributed by atoms with Gasteiger partial charge in [0.25, 0.3) is 10.1 Å². The van der Waals surface area contributed by atoms with Crippen molar-refractivity contribution >= 4 is 10.1 Å². The summed E-state index contributed by atoms with van der Waals surface area (Å²) in [4.78, 5) is 0. The predicted octanol–water partition coefficient (Wildman–Crippen LogP) is -0.738. The molecule has 0 rings (SSSR count). The molecule has 0 radical (unpaired) electrons. The molecule has 1 unspecified atom stereocenters. The summed E-state index contributed by atoms with van der Waals surface area (Å²) in [5, 5.41) is 17.5. The minimum Gasteiger partial charge on any atom is -0.392 e. The summed E-state index contributed by atoms with van der Waals surface area (Å²) in [6.07, 6.45) is 1.89. The van der Waals surface area contributed by atoms with Gasteiger partial charge in [0.15, 0.2) is 0 Å². The first kappa shape index (κ1) is 12.6. The Kier molecular flexibility index (Phi) is 5.89. The highest BCUT2D eigenvalue weighted by molar-refractivity contribution is 7.86. The van der Waals surface area contributed by atoms with Crippen molar-refractivity contribution in [2.45, 2.75) is 12.5 Å². The van der Waals surface area contributed by atoms with Crippen LogP contribution in [0.3, 0.4) is 0 Å². The van der Waals surface area contributed by atoms with Crippen LogP contribution in [-0.2, 0) is 14.3 Å². The molecule has 6 heteroatoms. The van der Waals surface area contributed by atoms with Crippen LogP contribution in [0.1, 0.15) is 6.42 Å². The van der Waals surface area contributed by atoms with E-state index in [9.17, 15) is 8.42 Å². The second kappa shape index (κ2) is 6.09. The molecule has 0 bridgehead atoms. The van der Waals surface area contributed by atoms with E-state index < -0.39 is 16.2 Å². The van der Waals surface area contributed by atoms with Crippen LogP contribution < -0.4 is 0 Å². The molecule has 0 aromatic rings. The van der Waals surface area contributed by atoms with Crippen molar-refractivity contribution in [2.75, 3.05) is 19.5 Å². The second-order valence-corrected chi connectivity index (χ2v) is 4.25. The molecule has 0 spiro atoms. The van der Waals surface area contributed by atoms with Crippen LogP contribution in [0.5, 0.6) is 0 Å². The Morgan fingerprint density at radius 1 is 1.54 bits per heavy atom. The first-order valence-corrected chi connectivity index (χ1v) is 5.33. The average molecular weight is 210 g/mol. The van der Waals surface area contributed by atoms with Crippen LogP contribution in [-0.4, -0.2) is 44.2 Å². The number of aliphatic hydroxyl groups is 2. The minimum atomic E-state index is -3.50. The number of aliphatic hydroxyl groups excluding tert-OH is 2. The maximum Gasteiger partial charge on any atom is 0.267 e. The Morgan fingerprint density at radius 3 is 2.62 bits per heavy atom. The number of hydrogen-bond donors (Lipinski definition) is 2. The van der Waals surface area contributed by atoms with Gasteiger partial charge >= 0.3 is 0 Å². The highest BCUT2D eigenvalue weighted by Gasteiger charge is 2.10. The van der Waals surface area contributed by atoms with Crippen molar-refractivity contribution in [1.29, 1.82) is 0 Å². The predicted molar refractivity (Wildman–Crippen MR) is 47.6 cm³/mol. The summed E-state index contributed by atoms with van der Waals surface area (Å²) < 4.78 is 25.7. The van der Waals surface area contributed by atoms with Crippen molar-refractivity contribution < 1.29 is 22.8 Å². The summed E-state index contributed by atoms with van der Waals surface area (Å²) >= 11 is 0. The van der Waals surface area contributed by atoms with E-state index in [-0.39, 0.29) is 18.8 Å². The third kappa shape index (κ3) is 6.71. The van der Waals surface area contributed by atoms with Gasteiger partial charge in [0.2, 0.25) is 0 Å². The Labute approximate surface area is 77.8 Å². The summed E-state index contributed by atoms with van der Waals surface area (Å²) in [6, 6.07) is 0. The molecule has 0 aliphatic rings. The van der Waals surface area contributed by atoms with E-state index in [1.807, 2.05) is 0 Å². The lowest BCUT2D eigenvalue weighted by molar-refractivity contribution is 0.216. The van der Waals surface area contributed by atoms with Crippen molar-refractivity contribution in [3.63, 3.8) is 0 Å². The van der Waals surface area contributed by atoms with Gasteiger partial charge in [-0.15, -0.1) is 0 Å². The third-order valence-electron chi connectivity index (χ3n) is 1.38. The molecule has 0 aromatic heterocycles. The van der Waals surface area contributed by atoms with E-state index in [1.165, 1.54) is 12.2 Å². The normalized spacial score (nSPS) is 15.0. The molecule has 0 saturated heterocycles. The first-order chi connectivity index (χ1) is 6.02. The van der Waals surface area contributed by atoms with Crippen LogP contribution in [0.2, 0.25) is 0 Å². The molecular formula is C7H14O5S. The molecule has 0 saturated carbocycles. The van der Waals surface area contributed by atoms with Crippen molar-refractivity contribution in [3.8, 4) is 0 Å². The second-order valence-electron chi connectivity index (χ2n) is 2.40. The van der Waals surface area contributed by atoms with Crippen molar-refractivity contribution in [2.24, 2.45) is 0 Å². The Balaban J connectivity index is 3.83. The lowest BCUT2D eigenvalue weighted by Gasteiger charge is -2.04. The van der Waals surface area contributed by atoms with Crippen LogP contribution in [0.25, 0.3) is 0 Å². The molecule has 0 amide bonds. The third-order valence-corrected chi connectivity index (χ3v) is 2.62. The van der Waals surface area contributed by atoms with Crippen molar-refractivity contribution in [1.82, 2.24) is 0 Å². The quantitative estimate of drug-likeness (QED) is 0.445. The zero-order valence-corrected chi connectivity index (χ0v) is 8.20. The van der Waals surface area contributed by atoms with Gasteiger partial charge < -0.3 is 10.2 Å². The van der Waals surface area contributed by atoms with Crippen LogP contribution in [0.15, 0.2) is 12.2 Å². The van der Waals surface area contributed by atoms with Gasteiger partial charge in [-0.3, -0.25) is 4.18 Å². The highest BCUT2D eigenvalue weighted by Crippen LogP contribution is 1.99. The van der Waals surface area contributed by atoms with E-state index in [0.29, 0.717) is 0 Å². The monoisotopic (exact) mass is 210 g/mol. The standard InChI is InChI=1S/C7H14O5S/c1-12-13(10,11)6-4-7(9)3-2-5-8/h2-3,7-9H,4-6H2,1H3. The molecule has 13 heavy (non-hydrogen) atoms. The molecule has 5 nitrogen and oxygen atoms in total. The topological polar surface area (TPSA) is 83.8 Å². The molecule has 78 valence electrons. The molecule has 0 heterocycles. The van der Waals surface area contributed by atoms with E-state index in [2.05, 4.69) is 4.18 Å². The summed E-state index contributed by atoms with van der Waals surface area (Å²) in [5.41, 5.74) is 0. The fraction of sp³-hybridized carbons (Fsp3) is 0.714. The highest BCUT2D eigenvalue weighted by atomic mass is 32.2. The average Bonchev–Trinajstić information content (AvgIpc) is 2.11. The summed E-state index contributed by atoms with van der Waals surface area (Å²) in [6.45, 7) is -0.173. The smallest absolute Gasteiger partial charge is 0.267 e. The van der Waals surface area contributed by atoms with Gasteiger partial charge in [-0.05, 0) is 6.42 Å². The SMILES string of the molecule is COS(=O)(=O)CCC(O)C=CCO. The molecule has 2 N–H and O–H groups in total. The van der Waals surface area contributed by atoms with E-state index in [4.69, 9.17) is 10.2 Å². The largest absolute Gasteiger partial charge is 0.392 e. The van der Waals surface area contributed by atoms with Gasteiger partial charge in [0.05, 0.1) is 25.6 Å². The van der Waals surface area contributed by atoms with Crippen LogP contribution >= 0.6 is 0 Å². The first-order valence-electron chi connectivity index (χ1n) is 3.75. The van der Waals surface area contributed by atoms with Gasteiger partial charge in [-0.25, -0.2) is 0 Å². The van der Waals surface area contributed by atoms with Gasteiger partial charge in [0.1, 0.15) is 0 Å². The van der Waals surface area contributed by atoms with Crippen LogP contribution in [0.4, 0.5) is 0 Å². The maximum atomic E-state index is 10.8. The molecule has 0 aliphatic heterocycles. The molecule has 0 aromatic carbocycles. The molecule has 0 fully saturated rings. The number of hydrogen-bond acceptors (Lipinski definition) is 5. The van der Waals surface area contributed by atoms with Crippen molar-refractivity contribution in [3.05, 3.63) is 12.2 Å². The lowest BCUT2D eigenvalue weighted by atomic mass is 10.2. The van der Waals surface area contributed by atoms with Gasteiger partial charge in [-0.2, -0.15) is 8.42 Å². The molecule has 0 aliphatic carbocycles. The van der Waals surface area contributed by atoms with Gasteiger partial charge in [-0.1, -0.05) is 12.2 Å². The molecular weight excluding hydrogens is 196 g/mol. The van der Waals surface area contributed by atoms with E-state index in [1.54, 1.807) is 0 Å². The fourth-order valence-corrected chi connectivity index (χ4v) is 1.36. The van der Waals surface area contributed by atoms with E-state index in [0.717, 1.165) is 7.11 Å². The maximum absolute atomic E-state index is 10.8. The summed E-state index contributed by atoms with van der Waals surface area (Å²) in [5.74, 6) is -0.236. The zero-order valence-electron chi connectivity index (χ0n) is 7.38. The van der Waals surface area contributed by atoms with Crippen LogP contribution in [0, 0.1) is 0 Å². The fourth-order valence-electron chi connectivity index (χ4n) is 0.663. The minimum absolute atomic E-state index is 0.0622. The Hall–Kier alpha value is -0.430. The zero-order chi connectivity index (χ0) is 10.3. The summed E-state index contributed by atoms with van der Waals surface area (Å²) in [7, 11) is -2.42. The van der Waals surface area contributed by atoms with Gasteiger partial charge in [0, 0.05) is 0 Å². The lowest BCUT2D eigenvalue weighted by Crippen LogP contribution is -2.14. The Morgan fingerprint density at radius 2 is 2.15 bits per heavy atom. The number of rotatable bonds is 6. The van der Waals surface area contributed by atoms with E-state index >= 15 is 0 Å². The molecule has 1 atom stereocenters. The Bertz CT molecular complexity index is 244.